The fraction of sp³-hybridized carbons (Fsp3) is 0.263. The van der Waals surface area contributed by atoms with Crippen molar-refractivity contribution in [3.8, 4) is 10.6 Å². The minimum atomic E-state index is -0.338. The van der Waals surface area contributed by atoms with Gasteiger partial charge in [0.25, 0.3) is 4.96 Å². The number of nitro groups is 1. The molecule has 4 heterocycles. The van der Waals surface area contributed by atoms with Crippen molar-refractivity contribution >= 4 is 39.3 Å². The highest BCUT2D eigenvalue weighted by Crippen LogP contribution is 2.32. The molecule has 0 radical (unpaired) electrons. The summed E-state index contributed by atoms with van der Waals surface area (Å²) in [7, 11) is 0. The first-order valence-electron chi connectivity index (χ1n) is 9.26. The van der Waals surface area contributed by atoms with Crippen LogP contribution in [0.25, 0.3) is 15.5 Å². The van der Waals surface area contributed by atoms with E-state index in [-0.39, 0.29) is 10.7 Å². The number of thiazole rings is 2. The Kier molecular flexibility index (Phi) is 4.74. The van der Waals surface area contributed by atoms with Gasteiger partial charge in [0.05, 0.1) is 5.69 Å². The van der Waals surface area contributed by atoms with Gasteiger partial charge in [-0.15, -0.1) is 11.3 Å². The fourth-order valence-corrected chi connectivity index (χ4v) is 5.11. The SMILES string of the molecule is O=[N+]([O-])c1c(N2CCN(Cc3csc(-c4ccccc4)n3)CC2)nc2sccn12. The van der Waals surface area contributed by atoms with Crippen LogP contribution in [0.15, 0.2) is 47.3 Å². The summed E-state index contributed by atoms with van der Waals surface area (Å²) in [5.41, 5.74) is 2.21. The number of nitrogens with zero attached hydrogens (tertiary/aromatic N) is 6. The highest BCUT2D eigenvalue weighted by molar-refractivity contribution is 7.15. The molecule has 4 aromatic rings. The maximum absolute atomic E-state index is 11.6. The molecule has 0 unspecified atom stereocenters. The molecule has 10 heteroatoms. The molecule has 0 amide bonds. The normalized spacial score (nSPS) is 15.2. The molecule has 5 rings (SSSR count). The molecule has 8 nitrogen and oxygen atoms in total. The molecule has 0 spiro atoms. The van der Waals surface area contributed by atoms with E-state index in [0.29, 0.717) is 23.9 Å². The Morgan fingerprint density at radius 2 is 1.86 bits per heavy atom. The van der Waals surface area contributed by atoms with Crippen molar-refractivity contribution in [3.05, 3.63) is 63.1 Å². The predicted molar refractivity (Wildman–Crippen MR) is 115 cm³/mol. The van der Waals surface area contributed by atoms with Crippen LogP contribution in [0.4, 0.5) is 11.6 Å². The predicted octanol–water partition coefficient (Wildman–Crippen LogP) is 3.75. The third kappa shape index (κ3) is 3.50. The molecule has 1 aliphatic rings. The van der Waals surface area contributed by atoms with Gasteiger partial charge in [0.2, 0.25) is 5.82 Å². The van der Waals surface area contributed by atoms with Crippen LogP contribution in [0.3, 0.4) is 0 Å². The molecule has 1 fully saturated rings. The molecule has 0 aliphatic carbocycles. The quantitative estimate of drug-likeness (QED) is 0.357. The lowest BCUT2D eigenvalue weighted by Gasteiger charge is -2.34. The van der Waals surface area contributed by atoms with Crippen molar-refractivity contribution in [2.45, 2.75) is 6.54 Å². The molecule has 1 saturated heterocycles. The second kappa shape index (κ2) is 7.54. The molecule has 29 heavy (non-hydrogen) atoms. The summed E-state index contributed by atoms with van der Waals surface area (Å²) in [5, 5.41) is 16.5. The highest BCUT2D eigenvalue weighted by atomic mass is 32.1. The molecule has 0 N–H and O–H groups in total. The van der Waals surface area contributed by atoms with Gasteiger partial charge in [0.1, 0.15) is 11.2 Å². The lowest BCUT2D eigenvalue weighted by atomic mass is 10.2. The third-order valence-corrected chi connectivity index (χ3v) is 6.72. The number of hydrogen-bond acceptors (Lipinski definition) is 8. The number of aromatic nitrogens is 3. The number of rotatable bonds is 5. The van der Waals surface area contributed by atoms with Crippen LogP contribution in [0.5, 0.6) is 0 Å². The average molecular weight is 427 g/mol. The van der Waals surface area contributed by atoms with Crippen LogP contribution in [0, 0.1) is 10.1 Å². The summed E-state index contributed by atoms with van der Waals surface area (Å²) >= 11 is 3.07. The Balaban J connectivity index is 1.26. The van der Waals surface area contributed by atoms with Crippen molar-refractivity contribution < 1.29 is 4.92 Å². The smallest absolute Gasteiger partial charge is 0.358 e. The van der Waals surface area contributed by atoms with Crippen molar-refractivity contribution in [1.29, 1.82) is 0 Å². The van der Waals surface area contributed by atoms with Gasteiger partial charge < -0.3 is 15.0 Å². The average Bonchev–Trinajstić information content (AvgIpc) is 3.45. The number of anilines is 1. The van der Waals surface area contributed by atoms with Crippen molar-refractivity contribution in [1.82, 2.24) is 19.3 Å². The summed E-state index contributed by atoms with van der Waals surface area (Å²) < 4.78 is 1.56. The minimum Gasteiger partial charge on any atom is -0.358 e. The molecular weight excluding hydrogens is 408 g/mol. The molecule has 1 aliphatic heterocycles. The highest BCUT2D eigenvalue weighted by Gasteiger charge is 2.30. The molecule has 148 valence electrons. The summed E-state index contributed by atoms with van der Waals surface area (Å²) in [4.78, 5) is 25.5. The summed E-state index contributed by atoms with van der Waals surface area (Å²) in [5.74, 6) is 0.531. The molecular formula is C19H18N6O2S2. The van der Waals surface area contributed by atoms with Crippen LogP contribution in [-0.2, 0) is 6.54 Å². The standard InChI is InChI=1S/C19H18N6O2S2/c26-25(27)18-16(21-19-24(18)10-11-28-19)23-8-6-22(7-9-23)12-15-13-29-17(20-15)14-4-2-1-3-5-14/h1-5,10-11,13H,6-9,12H2. The number of benzene rings is 1. The summed E-state index contributed by atoms with van der Waals surface area (Å²) in [6, 6.07) is 10.2. The van der Waals surface area contributed by atoms with E-state index in [1.807, 2.05) is 28.5 Å². The first kappa shape index (κ1) is 18.2. The van der Waals surface area contributed by atoms with Crippen molar-refractivity contribution in [2.24, 2.45) is 0 Å². The monoisotopic (exact) mass is 426 g/mol. The van der Waals surface area contributed by atoms with Crippen LogP contribution < -0.4 is 4.90 Å². The lowest BCUT2D eigenvalue weighted by Crippen LogP contribution is -2.46. The summed E-state index contributed by atoms with van der Waals surface area (Å²) in [6.07, 6.45) is 1.71. The zero-order chi connectivity index (χ0) is 19.8. The first-order chi connectivity index (χ1) is 14.2. The fourth-order valence-electron chi connectivity index (χ4n) is 3.58. The van der Waals surface area contributed by atoms with Gasteiger partial charge in [0.15, 0.2) is 0 Å². The molecule has 1 aromatic carbocycles. The number of piperazine rings is 1. The van der Waals surface area contributed by atoms with Crippen molar-refractivity contribution in [3.63, 3.8) is 0 Å². The maximum atomic E-state index is 11.6. The summed E-state index contributed by atoms with van der Waals surface area (Å²) in [6.45, 7) is 3.85. The molecule has 0 saturated carbocycles. The van der Waals surface area contributed by atoms with Gasteiger partial charge in [0, 0.05) is 49.0 Å². The largest absolute Gasteiger partial charge is 0.373 e. The van der Waals surface area contributed by atoms with Crippen LogP contribution in [0.1, 0.15) is 5.69 Å². The maximum Gasteiger partial charge on any atom is 0.373 e. The van der Waals surface area contributed by atoms with E-state index in [4.69, 9.17) is 4.98 Å². The van der Waals surface area contributed by atoms with E-state index in [2.05, 4.69) is 27.4 Å². The van der Waals surface area contributed by atoms with E-state index in [1.54, 1.807) is 21.9 Å². The number of hydrogen-bond donors (Lipinski definition) is 0. The van der Waals surface area contributed by atoms with Gasteiger partial charge in [-0.05, 0) is 4.92 Å². The van der Waals surface area contributed by atoms with Gasteiger partial charge in [-0.25, -0.2) is 4.98 Å². The van der Waals surface area contributed by atoms with Gasteiger partial charge in [-0.1, -0.05) is 41.7 Å². The number of fused-ring (bicyclic) bond motifs is 1. The van der Waals surface area contributed by atoms with E-state index in [1.165, 1.54) is 11.3 Å². The van der Waals surface area contributed by atoms with Gasteiger partial charge >= 0.3 is 5.82 Å². The Hall–Kier alpha value is -2.82. The third-order valence-electron chi connectivity index (χ3n) is 5.02. The molecule has 3 aromatic heterocycles. The topological polar surface area (TPSA) is 79.8 Å². The van der Waals surface area contributed by atoms with Gasteiger partial charge in [-0.2, -0.15) is 9.38 Å². The lowest BCUT2D eigenvalue weighted by molar-refractivity contribution is -0.389. The first-order valence-corrected chi connectivity index (χ1v) is 11.0. The van der Waals surface area contributed by atoms with Gasteiger partial charge in [-0.3, -0.25) is 4.90 Å². The Labute approximate surface area is 174 Å². The second-order valence-corrected chi connectivity index (χ2v) is 8.58. The Morgan fingerprint density at radius 1 is 1.07 bits per heavy atom. The van der Waals surface area contributed by atoms with E-state index >= 15 is 0 Å². The Morgan fingerprint density at radius 3 is 2.62 bits per heavy atom. The molecule has 0 bridgehead atoms. The van der Waals surface area contributed by atoms with E-state index < -0.39 is 0 Å². The van der Waals surface area contributed by atoms with Crippen LogP contribution in [0.2, 0.25) is 0 Å². The van der Waals surface area contributed by atoms with Crippen molar-refractivity contribution in [2.75, 3.05) is 31.1 Å². The molecule has 0 atom stereocenters. The van der Waals surface area contributed by atoms with Crippen LogP contribution >= 0.6 is 22.7 Å². The second-order valence-electron chi connectivity index (χ2n) is 6.84. The van der Waals surface area contributed by atoms with Crippen LogP contribution in [-0.4, -0.2) is 50.4 Å². The minimum absolute atomic E-state index is 0.0571. The van der Waals surface area contributed by atoms with E-state index in [0.717, 1.165) is 35.9 Å². The van der Waals surface area contributed by atoms with E-state index in [9.17, 15) is 10.1 Å². The zero-order valence-electron chi connectivity index (χ0n) is 15.5. The number of imidazole rings is 1. The zero-order valence-corrected chi connectivity index (χ0v) is 17.1. The Bertz CT molecular complexity index is 1140.